The maximum Gasteiger partial charge on any atom is 0.0578 e. The van der Waals surface area contributed by atoms with E-state index in [4.69, 9.17) is 4.74 Å². The molecule has 164 valence electrons. The first-order valence-electron chi connectivity index (χ1n) is 13.4. The van der Waals surface area contributed by atoms with Crippen molar-refractivity contribution in [3.8, 4) is 0 Å². The molecule has 6 atom stereocenters. The second-order valence-corrected chi connectivity index (χ2v) is 10.7. The molecule has 0 N–H and O–H groups in total. The molecule has 3 saturated carbocycles. The van der Waals surface area contributed by atoms with Crippen molar-refractivity contribution in [3.63, 3.8) is 0 Å². The van der Waals surface area contributed by atoms with Gasteiger partial charge < -0.3 is 4.74 Å². The van der Waals surface area contributed by atoms with Crippen molar-refractivity contribution in [2.75, 3.05) is 6.61 Å². The standard InChI is InChI=1S/C27H50O/c1-3-5-7-9-11-19-28-25-16-18-27-24(21-25)15-14-23-20-22(13-17-26(23)27)12-10-8-6-4-2/h22-27H,3-21H2,1-2H3. The lowest BCUT2D eigenvalue weighted by molar-refractivity contribution is -0.0539. The van der Waals surface area contributed by atoms with Crippen molar-refractivity contribution in [1.29, 1.82) is 0 Å². The van der Waals surface area contributed by atoms with Crippen molar-refractivity contribution in [1.82, 2.24) is 0 Å². The summed E-state index contributed by atoms with van der Waals surface area (Å²) in [7, 11) is 0. The van der Waals surface area contributed by atoms with Crippen LogP contribution in [0.25, 0.3) is 0 Å². The predicted molar refractivity (Wildman–Crippen MR) is 122 cm³/mol. The Morgan fingerprint density at radius 3 is 2.00 bits per heavy atom. The molecule has 6 unspecified atom stereocenters. The van der Waals surface area contributed by atoms with Crippen molar-refractivity contribution < 1.29 is 4.74 Å². The SMILES string of the molecule is CCCCCCCOC1CCC2C(CCC3CC(CCCCCC)CCC32)C1. The molecule has 0 aromatic carbocycles. The number of rotatable bonds is 12. The van der Waals surface area contributed by atoms with Crippen LogP contribution in [-0.4, -0.2) is 12.7 Å². The maximum atomic E-state index is 6.33. The highest BCUT2D eigenvalue weighted by atomic mass is 16.5. The third-order valence-electron chi connectivity index (χ3n) is 8.67. The quantitative estimate of drug-likeness (QED) is 0.303. The van der Waals surface area contributed by atoms with Crippen molar-refractivity contribution >= 4 is 0 Å². The van der Waals surface area contributed by atoms with Gasteiger partial charge in [-0.25, -0.2) is 0 Å². The van der Waals surface area contributed by atoms with E-state index < -0.39 is 0 Å². The fourth-order valence-electron chi connectivity index (χ4n) is 7.08. The van der Waals surface area contributed by atoms with Crippen molar-refractivity contribution in [3.05, 3.63) is 0 Å². The van der Waals surface area contributed by atoms with Gasteiger partial charge in [0.2, 0.25) is 0 Å². The fraction of sp³-hybridized carbons (Fsp3) is 1.00. The third-order valence-corrected chi connectivity index (χ3v) is 8.67. The molecule has 0 heterocycles. The summed E-state index contributed by atoms with van der Waals surface area (Å²) in [5.74, 6) is 5.30. The van der Waals surface area contributed by atoms with E-state index in [2.05, 4.69) is 13.8 Å². The molecule has 3 rings (SSSR count). The highest BCUT2D eigenvalue weighted by molar-refractivity contribution is 4.94. The Hall–Kier alpha value is -0.0400. The van der Waals surface area contributed by atoms with Gasteiger partial charge in [0.05, 0.1) is 6.10 Å². The van der Waals surface area contributed by atoms with Gasteiger partial charge in [0.1, 0.15) is 0 Å². The highest BCUT2D eigenvalue weighted by Crippen LogP contribution is 2.53. The van der Waals surface area contributed by atoms with Gasteiger partial charge in [-0.1, -0.05) is 78.1 Å². The van der Waals surface area contributed by atoms with Crippen LogP contribution in [0.5, 0.6) is 0 Å². The molecule has 1 heteroatoms. The van der Waals surface area contributed by atoms with Gasteiger partial charge in [-0.15, -0.1) is 0 Å². The van der Waals surface area contributed by atoms with E-state index in [9.17, 15) is 0 Å². The summed E-state index contributed by atoms with van der Waals surface area (Å²) in [5, 5.41) is 0. The van der Waals surface area contributed by atoms with Crippen LogP contribution < -0.4 is 0 Å². The van der Waals surface area contributed by atoms with Gasteiger partial charge in [0, 0.05) is 6.61 Å². The highest BCUT2D eigenvalue weighted by Gasteiger charge is 2.44. The Labute approximate surface area is 176 Å². The molecule has 3 fully saturated rings. The zero-order valence-electron chi connectivity index (χ0n) is 19.3. The van der Waals surface area contributed by atoms with E-state index in [1.165, 1.54) is 89.9 Å². The van der Waals surface area contributed by atoms with E-state index >= 15 is 0 Å². The van der Waals surface area contributed by atoms with Gasteiger partial charge >= 0.3 is 0 Å². The summed E-state index contributed by atoms with van der Waals surface area (Å²) in [6.07, 6.45) is 26.7. The lowest BCUT2D eigenvalue weighted by Gasteiger charge is -2.50. The van der Waals surface area contributed by atoms with Crippen molar-refractivity contribution in [2.24, 2.45) is 29.6 Å². The monoisotopic (exact) mass is 390 g/mol. The second kappa shape index (κ2) is 12.6. The molecule has 0 radical (unpaired) electrons. The number of hydrogen-bond acceptors (Lipinski definition) is 1. The van der Waals surface area contributed by atoms with Crippen LogP contribution in [0.4, 0.5) is 0 Å². The van der Waals surface area contributed by atoms with Crippen molar-refractivity contribution in [2.45, 2.75) is 136 Å². The van der Waals surface area contributed by atoms with Gasteiger partial charge in [0.15, 0.2) is 0 Å². The van der Waals surface area contributed by atoms with Gasteiger partial charge in [-0.05, 0) is 81.0 Å². The second-order valence-electron chi connectivity index (χ2n) is 10.7. The molecule has 0 saturated heterocycles. The first-order chi connectivity index (χ1) is 13.8. The van der Waals surface area contributed by atoms with Crippen LogP contribution in [0, 0.1) is 29.6 Å². The van der Waals surface area contributed by atoms with Crippen LogP contribution in [0.1, 0.15) is 129 Å². The molecule has 0 aromatic rings. The number of fused-ring (bicyclic) bond motifs is 3. The molecule has 3 aliphatic rings. The molecule has 0 aromatic heterocycles. The molecular formula is C27H50O. The Kier molecular flexibility index (Phi) is 10.2. The average Bonchev–Trinajstić information content (AvgIpc) is 2.73. The topological polar surface area (TPSA) is 9.23 Å². The van der Waals surface area contributed by atoms with E-state index in [1.807, 2.05) is 0 Å². The van der Waals surface area contributed by atoms with Gasteiger partial charge in [0.25, 0.3) is 0 Å². The minimum atomic E-state index is 0.596. The molecule has 1 nitrogen and oxygen atoms in total. The van der Waals surface area contributed by atoms with E-state index in [0.29, 0.717) is 6.10 Å². The summed E-state index contributed by atoms with van der Waals surface area (Å²) in [6.45, 7) is 5.65. The third kappa shape index (κ3) is 6.75. The number of hydrogen-bond donors (Lipinski definition) is 0. The fourth-order valence-corrected chi connectivity index (χ4v) is 7.08. The number of unbranched alkanes of at least 4 members (excludes halogenated alkanes) is 7. The van der Waals surface area contributed by atoms with E-state index in [-0.39, 0.29) is 0 Å². The summed E-state index contributed by atoms with van der Waals surface area (Å²) < 4.78 is 6.33. The van der Waals surface area contributed by atoms with E-state index in [0.717, 1.165) is 36.2 Å². The predicted octanol–water partition coefficient (Wildman–Crippen LogP) is 8.56. The minimum absolute atomic E-state index is 0.596. The molecule has 0 bridgehead atoms. The lowest BCUT2D eigenvalue weighted by Crippen LogP contribution is -2.42. The molecule has 0 spiro atoms. The zero-order chi connectivity index (χ0) is 19.6. The van der Waals surface area contributed by atoms with E-state index in [1.54, 1.807) is 25.7 Å². The van der Waals surface area contributed by atoms with Crippen LogP contribution in [0.2, 0.25) is 0 Å². The van der Waals surface area contributed by atoms with Gasteiger partial charge in [-0.3, -0.25) is 0 Å². The Bertz CT molecular complexity index is 405. The molecule has 28 heavy (non-hydrogen) atoms. The van der Waals surface area contributed by atoms with Crippen LogP contribution in [-0.2, 0) is 4.74 Å². The Morgan fingerprint density at radius 2 is 1.25 bits per heavy atom. The van der Waals surface area contributed by atoms with Crippen LogP contribution in [0.15, 0.2) is 0 Å². The largest absolute Gasteiger partial charge is 0.378 e. The summed E-state index contributed by atoms with van der Waals surface area (Å²) in [4.78, 5) is 0. The minimum Gasteiger partial charge on any atom is -0.378 e. The smallest absolute Gasteiger partial charge is 0.0578 e. The average molecular weight is 391 g/mol. The maximum absolute atomic E-state index is 6.33. The van der Waals surface area contributed by atoms with Crippen LogP contribution in [0.3, 0.4) is 0 Å². The molecule has 3 aliphatic carbocycles. The molecule has 0 amide bonds. The van der Waals surface area contributed by atoms with Crippen LogP contribution >= 0.6 is 0 Å². The summed E-state index contributed by atoms with van der Waals surface area (Å²) >= 11 is 0. The normalized spacial score (nSPS) is 35.4. The molecular weight excluding hydrogens is 340 g/mol. The zero-order valence-corrected chi connectivity index (χ0v) is 19.3. The summed E-state index contributed by atoms with van der Waals surface area (Å²) in [6, 6.07) is 0. The number of ether oxygens (including phenoxy) is 1. The Morgan fingerprint density at radius 1 is 0.607 bits per heavy atom. The molecule has 0 aliphatic heterocycles. The van der Waals surface area contributed by atoms with Gasteiger partial charge in [-0.2, -0.15) is 0 Å². The summed E-state index contributed by atoms with van der Waals surface area (Å²) in [5.41, 5.74) is 0. The Balaban J connectivity index is 1.34. The lowest BCUT2D eigenvalue weighted by atomic mass is 9.56. The first-order valence-corrected chi connectivity index (χ1v) is 13.4. The first kappa shape index (κ1) is 22.6.